The van der Waals surface area contributed by atoms with Crippen LogP contribution in [0.2, 0.25) is 0 Å². The molecular weight excluding hydrogens is 1310 g/mol. The Balaban J connectivity index is 0.000000103. The van der Waals surface area contributed by atoms with Gasteiger partial charge in [0, 0.05) is 103 Å². The number of fused-ring (bicyclic) bond motifs is 22. The molecule has 0 aliphatic carbocycles. The predicted octanol–water partition coefficient (Wildman–Crippen LogP) is 26.4. The monoisotopic (exact) mass is 1370 g/mol. The molecule has 17 aromatic carbocycles. The molecule has 23 aromatic rings. The van der Waals surface area contributed by atoms with Gasteiger partial charge in [-0.2, -0.15) is 0 Å². The summed E-state index contributed by atoms with van der Waals surface area (Å²) < 4.78 is 18.7. The van der Waals surface area contributed by atoms with Crippen molar-refractivity contribution in [2.75, 3.05) is 0 Å². The van der Waals surface area contributed by atoms with Gasteiger partial charge < -0.3 is 13.3 Å². The Morgan fingerprint density at radius 2 is 0.514 bits per heavy atom. The minimum Gasteiger partial charge on any atom is -0.455 e. The second kappa shape index (κ2) is 25.2. The van der Waals surface area contributed by atoms with E-state index in [-0.39, 0.29) is 0 Å². The lowest BCUT2D eigenvalue weighted by Crippen LogP contribution is -1.96. The zero-order chi connectivity index (χ0) is 70.5. The van der Waals surface area contributed by atoms with E-state index in [9.17, 15) is 0 Å². The van der Waals surface area contributed by atoms with Crippen LogP contribution < -0.4 is 0 Å². The average molecular weight is 1370 g/mol. The molecule has 0 aliphatic heterocycles. The molecule has 0 fully saturated rings. The maximum atomic E-state index is 6.26. The summed E-state index contributed by atoms with van der Waals surface area (Å²) in [6.45, 7) is 0. The molecule has 0 saturated carbocycles. The molecule has 0 N–H and O–H groups in total. The van der Waals surface area contributed by atoms with E-state index in [0.717, 1.165) is 198 Å². The van der Waals surface area contributed by atoms with Crippen molar-refractivity contribution in [2.45, 2.75) is 0 Å². The molecule has 0 saturated heterocycles. The number of furan rings is 3. The minimum atomic E-state index is 0.716. The number of aromatic nitrogens is 6. The summed E-state index contributed by atoms with van der Waals surface area (Å²) in [5, 5.41) is 21.3. The van der Waals surface area contributed by atoms with Crippen LogP contribution in [0.1, 0.15) is 0 Å². The predicted molar refractivity (Wildman–Crippen MR) is 441 cm³/mol. The van der Waals surface area contributed by atoms with Crippen molar-refractivity contribution < 1.29 is 13.3 Å². The zero-order valence-corrected chi connectivity index (χ0v) is 57.4. The standard InChI is InChI=1S/2C34H20N2O.C30H18N2O/c1-2-9-22(10-3-1)31-29-19-14-21-8-4-5-11-25(21)32(29)36-34(35-31)24-16-17-26-23(20-24)15-18-28-27-12-6-7-13-30(27)37-33(26)28;1-2-9-22(10-3-1)32-31-25-11-5-4-8-21(25)16-19-29(31)35-34(36-32)24-15-17-26-23(20-24)14-18-28-27-12-6-7-13-30(27)37-33(26)28;1-2-8-19(9-3-1)28-25-11-4-6-12-26(25)31-30(32-28)21-15-16-22-20(18-21)14-17-24-23-10-5-7-13-27(23)33-29(22)24/h2*1-20H;1-18H. The summed E-state index contributed by atoms with van der Waals surface area (Å²) in [4.78, 5) is 30.4. The lowest BCUT2D eigenvalue weighted by Gasteiger charge is -2.12. The number of hydrogen-bond donors (Lipinski definition) is 0. The fourth-order valence-electron chi connectivity index (χ4n) is 15.6. The lowest BCUT2D eigenvalue weighted by atomic mass is 9.99. The third-order valence-corrected chi connectivity index (χ3v) is 20.8. The molecule has 0 unspecified atom stereocenters. The highest BCUT2D eigenvalue weighted by Gasteiger charge is 2.21. The van der Waals surface area contributed by atoms with Gasteiger partial charge in [-0.05, 0) is 123 Å². The second-order valence-electron chi connectivity index (χ2n) is 27.1. The van der Waals surface area contributed by atoms with Crippen LogP contribution in [0.3, 0.4) is 0 Å². The first-order valence-electron chi connectivity index (χ1n) is 35.9. The summed E-state index contributed by atoms with van der Waals surface area (Å²) in [7, 11) is 0. The molecule has 6 aromatic heterocycles. The van der Waals surface area contributed by atoms with Crippen LogP contribution in [-0.4, -0.2) is 29.9 Å². The summed E-state index contributed by atoms with van der Waals surface area (Å²) >= 11 is 0. The van der Waals surface area contributed by atoms with Crippen LogP contribution >= 0.6 is 0 Å². The molecule has 0 atom stereocenters. The van der Waals surface area contributed by atoms with Crippen molar-refractivity contribution in [3.05, 3.63) is 352 Å². The van der Waals surface area contributed by atoms with Gasteiger partial charge in [0.2, 0.25) is 0 Å². The van der Waals surface area contributed by atoms with Crippen molar-refractivity contribution in [1.29, 1.82) is 0 Å². The van der Waals surface area contributed by atoms with E-state index in [1.165, 1.54) is 10.8 Å². The number of benzene rings is 17. The van der Waals surface area contributed by atoms with Gasteiger partial charge in [0.05, 0.1) is 33.6 Å². The molecule has 0 radical (unpaired) electrons. The van der Waals surface area contributed by atoms with E-state index in [2.05, 4.69) is 261 Å². The van der Waals surface area contributed by atoms with Gasteiger partial charge in [0.25, 0.3) is 0 Å². The van der Waals surface area contributed by atoms with E-state index in [1.54, 1.807) is 0 Å². The molecule has 0 bridgehead atoms. The topological polar surface area (TPSA) is 117 Å². The number of nitrogens with zero attached hydrogens (tertiary/aromatic N) is 6. The van der Waals surface area contributed by atoms with Crippen molar-refractivity contribution >= 4 is 152 Å². The quantitative estimate of drug-likeness (QED) is 0.150. The van der Waals surface area contributed by atoms with Crippen molar-refractivity contribution in [3.8, 4) is 67.9 Å². The maximum absolute atomic E-state index is 6.26. The van der Waals surface area contributed by atoms with Gasteiger partial charge >= 0.3 is 0 Å². The molecule has 0 spiro atoms. The van der Waals surface area contributed by atoms with Crippen molar-refractivity contribution in [1.82, 2.24) is 29.9 Å². The summed E-state index contributed by atoms with van der Waals surface area (Å²) in [6.07, 6.45) is 0. The molecule has 23 rings (SSSR count). The molecule has 9 nitrogen and oxygen atoms in total. The van der Waals surface area contributed by atoms with Gasteiger partial charge in [-0.15, -0.1) is 0 Å². The van der Waals surface area contributed by atoms with Crippen LogP contribution in [0, 0.1) is 0 Å². The first-order valence-corrected chi connectivity index (χ1v) is 35.9. The van der Waals surface area contributed by atoms with Crippen LogP contribution in [0.5, 0.6) is 0 Å². The Kier molecular flexibility index (Phi) is 14.4. The highest BCUT2D eigenvalue weighted by atomic mass is 16.3. The third kappa shape index (κ3) is 10.5. The smallest absolute Gasteiger partial charge is 0.160 e. The normalized spacial score (nSPS) is 11.7. The Morgan fingerprint density at radius 3 is 1.01 bits per heavy atom. The highest BCUT2D eigenvalue weighted by molar-refractivity contribution is 6.19. The zero-order valence-electron chi connectivity index (χ0n) is 57.4. The van der Waals surface area contributed by atoms with Crippen LogP contribution in [0.25, 0.3) is 220 Å². The summed E-state index contributed by atoms with van der Waals surface area (Å²) in [5.74, 6) is 2.15. The molecular formula is C98H58N6O3. The Bertz CT molecular complexity index is 7520. The average Bonchev–Trinajstić information content (AvgIpc) is 1.74. The fraction of sp³-hybridized carbons (Fsp3) is 0. The SMILES string of the molecule is c1ccc(-c2nc(-c3ccc4c(ccc5c6ccccc6oc45)c3)nc3c2ccc2ccccc23)cc1.c1ccc(-c2nc(-c3ccc4c(ccc5c6ccccc6oc45)c3)nc3ccc4ccccc4c23)cc1.c1ccc(-c2nc(-c3ccc4c(ccc5c6ccccc6oc45)c3)nc3ccccc23)cc1. The van der Waals surface area contributed by atoms with Gasteiger partial charge in [0.15, 0.2) is 17.5 Å². The lowest BCUT2D eigenvalue weighted by molar-refractivity contribution is 0.672. The van der Waals surface area contributed by atoms with E-state index < -0.39 is 0 Å². The van der Waals surface area contributed by atoms with Crippen molar-refractivity contribution in [2.24, 2.45) is 0 Å². The first-order chi connectivity index (χ1) is 53.0. The van der Waals surface area contributed by atoms with E-state index in [1.807, 2.05) is 91.0 Å². The van der Waals surface area contributed by atoms with E-state index in [0.29, 0.717) is 11.6 Å². The van der Waals surface area contributed by atoms with Gasteiger partial charge in [-0.1, -0.05) is 261 Å². The molecule has 6 heterocycles. The molecule has 0 aliphatic rings. The number of hydrogen-bond acceptors (Lipinski definition) is 9. The molecule has 9 heteroatoms. The van der Waals surface area contributed by atoms with Gasteiger partial charge in [-0.3, -0.25) is 0 Å². The van der Waals surface area contributed by atoms with Crippen LogP contribution in [0.4, 0.5) is 0 Å². The van der Waals surface area contributed by atoms with Gasteiger partial charge in [-0.25, -0.2) is 29.9 Å². The highest BCUT2D eigenvalue weighted by Crippen LogP contribution is 2.42. The second-order valence-corrected chi connectivity index (χ2v) is 27.1. The van der Waals surface area contributed by atoms with Crippen molar-refractivity contribution in [3.63, 3.8) is 0 Å². The van der Waals surface area contributed by atoms with E-state index >= 15 is 0 Å². The fourth-order valence-corrected chi connectivity index (χ4v) is 15.6. The Labute approximate surface area is 611 Å². The summed E-state index contributed by atoms with van der Waals surface area (Å²) in [5.41, 5.74) is 17.4. The third-order valence-electron chi connectivity index (χ3n) is 20.8. The first kappa shape index (κ1) is 61.2. The van der Waals surface area contributed by atoms with Crippen LogP contribution in [0.15, 0.2) is 365 Å². The summed E-state index contributed by atoms with van der Waals surface area (Å²) in [6, 6.07) is 121. The van der Waals surface area contributed by atoms with E-state index in [4.69, 9.17) is 43.2 Å². The molecule has 0 amide bonds. The molecule has 498 valence electrons. The maximum Gasteiger partial charge on any atom is 0.160 e. The van der Waals surface area contributed by atoms with Crippen LogP contribution in [-0.2, 0) is 0 Å². The number of rotatable bonds is 6. The molecule has 107 heavy (non-hydrogen) atoms. The Hall–Kier alpha value is -14.5. The Morgan fingerprint density at radius 1 is 0.178 bits per heavy atom. The number of para-hydroxylation sites is 4. The van der Waals surface area contributed by atoms with Gasteiger partial charge in [0.1, 0.15) is 33.5 Å². The minimum absolute atomic E-state index is 0.716. The largest absolute Gasteiger partial charge is 0.455 e.